The maximum Gasteiger partial charge on any atom is 0.0745 e. The van der Waals surface area contributed by atoms with Crippen LogP contribution in [0.15, 0.2) is 30.3 Å². The summed E-state index contributed by atoms with van der Waals surface area (Å²) in [5.74, 6) is 0. The summed E-state index contributed by atoms with van der Waals surface area (Å²) in [4.78, 5) is 0. The molecule has 1 heterocycles. The molecule has 0 radical (unpaired) electrons. The molecule has 0 aliphatic rings. The number of benzene rings is 1. The first-order valence-electron chi connectivity index (χ1n) is 7.48. The molecule has 2 aromatic rings. The molecular formula is C17H25N3. The van der Waals surface area contributed by atoms with Crippen LogP contribution in [0, 0.1) is 0 Å². The Morgan fingerprint density at radius 1 is 1.20 bits per heavy atom. The quantitative estimate of drug-likeness (QED) is 0.874. The third-order valence-electron chi connectivity index (χ3n) is 3.77. The summed E-state index contributed by atoms with van der Waals surface area (Å²) in [6.07, 6.45) is 3.31. The monoisotopic (exact) mass is 271 g/mol. The van der Waals surface area contributed by atoms with Crippen molar-refractivity contribution in [1.29, 1.82) is 0 Å². The summed E-state index contributed by atoms with van der Waals surface area (Å²) < 4.78 is 1.99. The Balaban J connectivity index is 2.28. The van der Waals surface area contributed by atoms with Gasteiger partial charge in [0.1, 0.15) is 0 Å². The zero-order chi connectivity index (χ0) is 14.5. The van der Waals surface area contributed by atoms with Crippen LogP contribution in [0.5, 0.6) is 0 Å². The van der Waals surface area contributed by atoms with Crippen LogP contribution < -0.4 is 5.32 Å². The van der Waals surface area contributed by atoms with E-state index in [2.05, 4.69) is 54.6 Å². The SMILES string of the molecule is CCCc1ccc(C(NC)c2cc(CC)nn2C)cc1. The summed E-state index contributed by atoms with van der Waals surface area (Å²) in [6.45, 7) is 4.35. The zero-order valence-corrected chi connectivity index (χ0v) is 13.0. The van der Waals surface area contributed by atoms with Gasteiger partial charge in [0.2, 0.25) is 0 Å². The lowest BCUT2D eigenvalue weighted by Crippen LogP contribution is -2.20. The van der Waals surface area contributed by atoms with Crippen LogP contribution in [0.1, 0.15) is 48.8 Å². The van der Waals surface area contributed by atoms with E-state index < -0.39 is 0 Å². The van der Waals surface area contributed by atoms with E-state index in [9.17, 15) is 0 Å². The van der Waals surface area contributed by atoms with E-state index in [0.29, 0.717) is 0 Å². The van der Waals surface area contributed by atoms with Gasteiger partial charge >= 0.3 is 0 Å². The fourth-order valence-electron chi connectivity index (χ4n) is 2.64. The molecule has 3 heteroatoms. The molecule has 0 saturated carbocycles. The second-order valence-electron chi connectivity index (χ2n) is 5.25. The predicted molar refractivity (Wildman–Crippen MR) is 83.9 cm³/mol. The molecule has 0 saturated heterocycles. The summed E-state index contributed by atoms with van der Waals surface area (Å²) in [7, 11) is 4.02. The first-order chi connectivity index (χ1) is 9.69. The lowest BCUT2D eigenvalue weighted by molar-refractivity contribution is 0.603. The van der Waals surface area contributed by atoms with Crippen LogP contribution in [0.25, 0.3) is 0 Å². The Kier molecular flexibility index (Phi) is 4.96. The van der Waals surface area contributed by atoms with Crippen LogP contribution in [0.4, 0.5) is 0 Å². The molecule has 1 N–H and O–H groups in total. The maximum absolute atomic E-state index is 4.55. The predicted octanol–water partition coefficient (Wildman–Crippen LogP) is 3.24. The number of aromatic nitrogens is 2. The Hall–Kier alpha value is -1.61. The molecule has 1 unspecified atom stereocenters. The summed E-state index contributed by atoms with van der Waals surface area (Å²) in [5.41, 5.74) is 5.06. The third kappa shape index (κ3) is 3.10. The minimum absolute atomic E-state index is 0.198. The smallest absolute Gasteiger partial charge is 0.0745 e. The number of nitrogens with zero attached hydrogens (tertiary/aromatic N) is 2. The zero-order valence-electron chi connectivity index (χ0n) is 13.0. The molecule has 0 fully saturated rings. The van der Waals surface area contributed by atoms with Gasteiger partial charge in [0.25, 0.3) is 0 Å². The van der Waals surface area contributed by atoms with Crippen LogP contribution >= 0.6 is 0 Å². The molecule has 1 atom stereocenters. The highest BCUT2D eigenvalue weighted by atomic mass is 15.3. The largest absolute Gasteiger partial charge is 0.308 e. The average Bonchev–Trinajstić information content (AvgIpc) is 2.83. The van der Waals surface area contributed by atoms with E-state index in [1.165, 1.54) is 23.2 Å². The van der Waals surface area contributed by atoms with Gasteiger partial charge in [0.15, 0.2) is 0 Å². The van der Waals surface area contributed by atoms with Crippen molar-refractivity contribution >= 4 is 0 Å². The van der Waals surface area contributed by atoms with Crippen molar-refractivity contribution in [3.63, 3.8) is 0 Å². The van der Waals surface area contributed by atoms with Crippen molar-refractivity contribution in [3.05, 3.63) is 52.8 Å². The molecule has 0 aliphatic heterocycles. The number of hydrogen-bond acceptors (Lipinski definition) is 2. The molecule has 108 valence electrons. The lowest BCUT2D eigenvalue weighted by Gasteiger charge is -2.17. The highest BCUT2D eigenvalue weighted by Gasteiger charge is 2.16. The van der Waals surface area contributed by atoms with Crippen molar-refractivity contribution < 1.29 is 0 Å². The molecule has 0 spiro atoms. The maximum atomic E-state index is 4.55. The molecule has 20 heavy (non-hydrogen) atoms. The van der Waals surface area contributed by atoms with Gasteiger partial charge in [0.05, 0.1) is 17.4 Å². The Bertz CT molecular complexity index is 540. The van der Waals surface area contributed by atoms with E-state index in [1.807, 2.05) is 18.8 Å². The van der Waals surface area contributed by atoms with Crippen molar-refractivity contribution in [2.24, 2.45) is 7.05 Å². The summed E-state index contributed by atoms with van der Waals surface area (Å²) in [6, 6.07) is 11.3. The van der Waals surface area contributed by atoms with Gasteiger partial charge in [-0.15, -0.1) is 0 Å². The van der Waals surface area contributed by atoms with Crippen LogP contribution in [-0.4, -0.2) is 16.8 Å². The van der Waals surface area contributed by atoms with Gasteiger partial charge in [-0.25, -0.2) is 0 Å². The van der Waals surface area contributed by atoms with Crippen LogP contribution in [0.2, 0.25) is 0 Å². The van der Waals surface area contributed by atoms with E-state index in [4.69, 9.17) is 0 Å². The molecule has 2 rings (SSSR count). The first-order valence-corrected chi connectivity index (χ1v) is 7.48. The highest BCUT2D eigenvalue weighted by molar-refractivity contribution is 5.31. The number of aryl methyl sites for hydroxylation is 3. The van der Waals surface area contributed by atoms with E-state index in [0.717, 1.165) is 18.5 Å². The molecule has 1 aromatic heterocycles. The molecule has 0 bridgehead atoms. The van der Waals surface area contributed by atoms with Gasteiger partial charge in [0, 0.05) is 7.05 Å². The Morgan fingerprint density at radius 2 is 1.90 bits per heavy atom. The van der Waals surface area contributed by atoms with Crippen molar-refractivity contribution in [3.8, 4) is 0 Å². The number of rotatable bonds is 6. The fourth-order valence-corrected chi connectivity index (χ4v) is 2.64. The van der Waals surface area contributed by atoms with Gasteiger partial charge in [-0.2, -0.15) is 5.10 Å². The van der Waals surface area contributed by atoms with Crippen LogP contribution in [0.3, 0.4) is 0 Å². The number of hydrogen-bond donors (Lipinski definition) is 1. The van der Waals surface area contributed by atoms with Gasteiger partial charge in [-0.3, -0.25) is 4.68 Å². The second-order valence-corrected chi connectivity index (χ2v) is 5.25. The first kappa shape index (κ1) is 14.8. The van der Waals surface area contributed by atoms with Gasteiger partial charge < -0.3 is 5.32 Å². The van der Waals surface area contributed by atoms with E-state index >= 15 is 0 Å². The Labute approximate surface area is 122 Å². The summed E-state index contributed by atoms with van der Waals surface area (Å²) >= 11 is 0. The van der Waals surface area contributed by atoms with Crippen molar-refractivity contribution in [2.75, 3.05) is 7.05 Å². The summed E-state index contributed by atoms with van der Waals surface area (Å²) in [5, 5.41) is 7.95. The fraction of sp³-hybridized carbons (Fsp3) is 0.471. The average molecular weight is 271 g/mol. The standard InChI is InChI=1S/C17H25N3/c1-5-7-13-8-10-14(11-9-13)17(18-3)16-12-15(6-2)19-20(16)4/h8-12,17-18H,5-7H2,1-4H3. The molecule has 1 aromatic carbocycles. The molecule has 3 nitrogen and oxygen atoms in total. The van der Waals surface area contributed by atoms with E-state index in [-0.39, 0.29) is 6.04 Å². The molecule has 0 amide bonds. The highest BCUT2D eigenvalue weighted by Crippen LogP contribution is 2.23. The molecule has 0 aliphatic carbocycles. The van der Waals surface area contributed by atoms with E-state index in [1.54, 1.807) is 0 Å². The minimum Gasteiger partial charge on any atom is -0.308 e. The Morgan fingerprint density at radius 3 is 2.40 bits per heavy atom. The third-order valence-corrected chi connectivity index (χ3v) is 3.77. The normalized spacial score (nSPS) is 12.6. The van der Waals surface area contributed by atoms with Gasteiger partial charge in [-0.05, 0) is 37.1 Å². The topological polar surface area (TPSA) is 29.9 Å². The lowest BCUT2D eigenvalue weighted by atomic mass is 10.0. The van der Waals surface area contributed by atoms with Gasteiger partial charge in [-0.1, -0.05) is 44.5 Å². The second kappa shape index (κ2) is 6.71. The number of nitrogens with one attached hydrogen (secondary N) is 1. The van der Waals surface area contributed by atoms with Crippen molar-refractivity contribution in [2.45, 2.75) is 39.2 Å². The van der Waals surface area contributed by atoms with Crippen molar-refractivity contribution in [1.82, 2.24) is 15.1 Å². The van der Waals surface area contributed by atoms with Crippen LogP contribution in [-0.2, 0) is 19.9 Å². The molecular weight excluding hydrogens is 246 g/mol. The minimum atomic E-state index is 0.198.